The van der Waals surface area contributed by atoms with Gasteiger partial charge in [0.2, 0.25) is 0 Å². The van der Waals surface area contributed by atoms with Crippen LogP contribution < -0.4 is 15.8 Å². The van der Waals surface area contributed by atoms with E-state index in [9.17, 15) is 9.59 Å². The fraction of sp³-hybridized carbons (Fsp3) is 0.520. The molecule has 0 saturated carbocycles. The predicted octanol–water partition coefficient (Wildman–Crippen LogP) is 5.45. The van der Waals surface area contributed by atoms with E-state index in [2.05, 4.69) is 39.9 Å². The summed E-state index contributed by atoms with van der Waals surface area (Å²) in [5, 5.41) is 3.44. The van der Waals surface area contributed by atoms with E-state index in [1.807, 2.05) is 25.1 Å². The van der Waals surface area contributed by atoms with Crippen LogP contribution >= 0.6 is 11.3 Å². The van der Waals surface area contributed by atoms with Crippen molar-refractivity contribution in [1.82, 2.24) is 0 Å². The van der Waals surface area contributed by atoms with E-state index in [-0.39, 0.29) is 17.9 Å². The minimum atomic E-state index is -0.483. The van der Waals surface area contributed by atoms with Crippen molar-refractivity contribution in [2.75, 3.05) is 11.9 Å². The number of rotatable bonds is 6. The lowest BCUT2D eigenvalue weighted by Gasteiger charge is -2.33. The summed E-state index contributed by atoms with van der Waals surface area (Å²) in [6, 6.07) is 6.04. The fourth-order valence-electron chi connectivity index (χ4n) is 4.22. The molecule has 1 unspecified atom stereocenters. The molecule has 0 fully saturated rings. The van der Waals surface area contributed by atoms with Gasteiger partial charge in [-0.05, 0) is 66.2 Å². The van der Waals surface area contributed by atoms with Crippen LogP contribution in [0.2, 0.25) is 0 Å². The van der Waals surface area contributed by atoms with Gasteiger partial charge in [-0.2, -0.15) is 0 Å². The van der Waals surface area contributed by atoms with Gasteiger partial charge in [0.15, 0.2) is 6.61 Å². The molecule has 1 aliphatic carbocycles. The second-order valence-electron chi connectivity index (χ2n) is 9.91. The number of hydrogen-bond acceptors (Lipinski definition) is 4. The SMILES string of the molecule is Cc1ccc(C(C)C)c(OCC(=O)Nc2sc3c(c2C(N)=O)CCC(C(C)(C)C)C3)c1. The summed E-state index contributed by atoms with van der Waals surface area (Å²) in [4.78, 5) is 26.0. The maximum absolute atomic E-state index is 12.7. The number of aryl methyl sites for hydroxylation is 1. The Bertz CT molecular complexity index is 985. The number of carbonyl (C=O) groups excluding carboxylic acids is 2. The van der Waals surface area contributed by atoms with Crippen molar-refractivity contribution in [2.24, 2.45) is 17.1 Å². The van der Waals surface area contributed by atoms with Gasteiger partial charge in [0.25, 0.3) is 11.8 Å². The van der Waals surface area contributed by atoms with Crippen molar-refractivity contribution in [3.05, 3.63) is 45.3 Å². The first kappa shape index (κ1) is 23.3. The molecule has 1 aromatic heterocycles. The summed E-state index contributed by atoms with van der Waals surface area (Å²) < 4.78 is 5.85. The van der Waals surface area contributed by atoms with E-state index >= 15 is 0 Å². The molecule has 1 atom stereocenters. The van der Waals surface area contributed by atoms with Crippen LogP contribution in [0.4, 0.5) is 5.00 Å². The van der Waals surface area contributed by atoms with Crippen LogP contribution in [0, 0.1) is 18.3 Å². The molecule has 5 nitrogen and oxygen atoms in total. The molecule has 3 rings (SSSR count). The summed E-state index contributed by atoms with van der Waals surface area (Å²) in [6.07, 6.45) is 2.76. The monoisotopic (exact) mass is 442 g/mol. The Hall–Kier alpha value is -2.34. The van der Waals surface area contributed by atoms with E-state index < -0.39 is 5.91 Å². The fourth-order valence-corrected chi connectivity index (χ4v) is 5.57. The average molecular weight is 443 g/mol. The van der Waals surface area contributed by atoms with Crippen molar-refractivity contribution in [3.8, 4) is 5.75 Å². The lowest BCUT2D eigenvalue weighted by Crippen LogP contribution is -2.27. The first-order valence-electron chi connectivity index (χ1n) is 10.9. The molecule has 0 spiro atoms. The van der Waals surface area contributed by atoms with Gasteiger partial charge in [0.1, 0.15) is 10.8 Å². The Morgan fingerprint density at radius 2 is 2.00 bits per heavy atom. The molecule has 1 heterocycles. The highest BCUT2D eigenvalue weighted by Gasteiger charge is 2.33. The average Bonchev–Trinajstić information content (AvgIpc) is 3.02. The second-order valence-corrected chi connectivity index (χ2v) is 11.0. The Labute approximate surface area is 189 Å². The predicted molar refractivity (Wildman–Crippen MR) is 127 cm³/mol. The summed E-state index contributed by atoms with van der Waals surface area (Å²) in [6.45, 7) is 12.8. The first-order chi connectivity index (χ1) is 14.5. The van der Waals surface area contributed by atoms with Gasteiger partial charge < -0.3 is 15.8 Å². The minimum absolute atomic E-state index is 0.117. The van der Waals surface area contributed by atoms with E-state index in [1.54, 1.807) is 0 Å². The molecule has 1 aromatic carbocycles. The molecule has 168 valence electrons. The maximum Gasteiger partial charge on any atom is 0.262 e. The Morgan fingerprint density at radius 1 is 1.29 bits per heavy atom. The van der Waals surface area contributed by atoms with Crippen molar-refractivity contribution < 1.29 is 14.3 Å². The number of nitrogens with one attached hydrogen (secondary N) is 1. The molecular formula is C25H34N2O3S. The highest BCUT2D eigenvalue weighted by atomic mass is 32.1. The normalized spacial score (nSPS) is 16.2. The van der Waals surface area contributed by atoms with Crippen LogP contribution in [-0.4, -0.2) is 18.4 Å². The molecule has 3 N–H and O–H groups in total. The summed E-state index contributed by atoms with van der Waals surface area (Å²) >= 11 is 1.48. The highest BCUT2D eigenvalue weighted by Crippen LogP contribution is 2.44. The van der Waals surface area contributed by atoms with Crippen LogP contribution in [-0.2, 0) is 17.6 Å². The quantitative estimate of drug-likeness (QED) is 0.624. The van der Waals surface area contributed by atoms with Crippen LogP contribution in [0.3, 0.4) is 0 Å². The van der Waals surface area contributed by atoms with E-state index in [4.69, 9.17) is 10.5 Å². The largest absolute Gasteiger partial charge is 0.483 e. The molecule has 2 amide bonds. The third-order valence-corrected chi connectivity index (χ3v) is 7.31. The lowest BCUT2D eigenvalue weighted by molar-refractivity contribution is -0.118. The zero-order valence-electron chi connectivity index (χ0n) is 19.4. The van der Waals surface area contributed by atoms with Gasteiger partial charge >= 0.3 is 0 Å². The molecule has 31 heavy (non-hydrogen) atoms. The topological polar surface area (TPSA) is 81.4 Å². The maximum atomic E-state index is 12.7. The molecule has 0 bridgehead atoms. The Kier molecular flexibility index (Phi) is 6.79. The van der Waals surface area contributed by atoms with Gasteiger partial charge in [-0.25, -0.2) is 0 Å². The number of anilines is 1. The van der Waals surface area contributed by atoms with Gasteiger partial charge in [-0.1, -0.05) is 46.8 Å². The van der Waals surface area contributed by atoms with Crippen molar-refractivity contribution in [1.29, 1.82) is 0 Å². The van der Waals surface area contributed by atoms with Crippen LogP contribution in [0.15, 0.2) is 18.2 Å². The first-order valence-corrected chi connectivity index (χ1v) is 11.8. The zero-order valence-corrected chi connectivity index (χ0v) is 20.2. The summed E-state index contributed by atoms with van der Waals surface area (Å²) in [7, 11) is 0. The van der Waals surface area contributed by atoms with E-state index in [1.165, 1.54) is 11.3 Å². The lowest BCUT2D eigenvalue weighted by atomic mass is 9.72. The Balaban J connectivity index is 1.76. The van der Waals surface area contributed by atoms with Gasteiger partial charge in [-0.3, -0.25) is 9.59 Å². The number of primary amides is 1. The van der Waals surface area contributed by atoms with Crippen LogP contribution in [0.5, 0.6) is 5.75 Å². The molecule has 6 heteroatoms. The number of nitrogens with two attached hydrogens (primary N) is 1. The number of carbonyl (C=O) groups is 2. The van der Waals surface area contributed by atoms with E-state index in [0.29, 0.717) is 22.4 Å². The van der Waals surface area contributed by atoms with Gasteiger partial charge in [0, 0.05) is 4.88 Å². The standard InChI is InChI=1S/C25H34N2O3S/c1-14(2)17-9-7-15(3)11-19(17)30-13-21(28)27-24-22(23(26)29)18-10-8-16(25(4,5)6)12-20(18)31-24/h7,9,11,14,16H,8,10,12-13H2,1-6H3,(H2,26,29)(H,27,28). The number of fused-ring (bicyclic) bond motifs is 1. The van der Waals surface area contributed by atoms with Crippen molar-refractivity contribution >= 4 is 28.2 Å². The van der Waals surface area contributed by atoms with Gasteiger partial charge in [0.05, 0.1) is 5.56 Å². The number of ether oxygens (including phenoxy) is 1. The summed E-state index contributed by atoms with van der Waals surface area (Å²) in [5.41, 5.74) is 9.53. The Morgan fingerprint density at radius 3 is 2.61 bits per heavy atom. The molecule has 2 aromatic rings. The number of benzene rings is 1. The summed E-state index contributed by atoms with van der Waals surface area (Å²) in [5.74, 6) is 0.786. The minimum Gasteiger partial charge on any atom is -0.483 e. The molecule has 0 saturated heterocycles. The number of amides is 2. The van der Waals surface area contributed by atoms with Crippen LogP contribution in [0.25, 0.3) is 0 Å². The smallest absolute Gasteiger partial charge is 0.262 e. The third-order valence-electron chi connectivity index (χ3n) is 6.14. The highest BCUT2D eigenvalue weighted by molar-refractivity contribution is 7.17. The number of thiophene rings is 1. The molecule has 0 aliphatic heterocycles. The number of hydrogen-bond donors (Lipinski definition) is 2. The molecule has 0 radical (unpaired) electrons. The van der Waals surface area contributed by atoms with Crippen molar-refractivity contribution in [3.63, 3.8) is 0 Å². The van der Waals surface area contributed by atoms with Crippen LogP contribution in [0.1, 0.15) is 78.9 Å². The molecular weight excluding hydrogens is 408 g/mol. The third kappa shape index (κ3) is 5.29. The second kappa shape index (κ2) is 9.03. The zero-order chi connectivity index (χ0) is 22.9. The van der Waals surface area contributed by atoms with Crippen molar-refractivity contribution in [2.45, 2.75) is 66.7 Å². The van der Waals surface area contributed by atoms with E-state index in [0.717, 1.165) is 46.6 Å². The molecule has 1 aliphatic rings. The van der Waals surface area contributed by atoms with Gasteiger partial charge in [-0.15, -0.1) is 11.3 Å².